The Morgan fingerprint density at radius 3 is 2.42 bits per heavy atom. The SMILES string of the molecule is CC(C)(C)OC(=O)N1CC=C(CC(=O)N2CCC([C@H]3c4ncc(Br)cc4CCc4cc(Cl)cc(Br)c43)CC2)CC1. The van der Waals surface area contributed by atoms with Crippen LogP contribution < -0.4 is 0 Å². The fourth-order valence-corrected chi connectivity index (χ4v) is 7.68. The molecule has 1 atom stereocenters. The predicted molar refractivity (Wildman–Crippen MR) is 165 cm³/mol. The third-order valence-electron chi connectivity index (χ3n) is 8.11. The molecule has 0 bridgehead atoms. The summed E-state index contributed by atoms with van der Waals surface area (Å²) in [6.45, 7) is 8.16. The standard InChI is InChI=1S/C31H36Br2ClN3O3/c1-31(2,3)40-30(39)37-10-6-19(7-11-37)14-26(38)36-12-8-20(9-13-36)28-27-21(16-24(34)17-25(27)33)4-5-22-15-23(32)18-35-29(22)28/h6,15-18,20,28H,4-5,7-14H2,1-3H3/t28-/m1/s1. The molecule has 2 aliphatic heterocycles. The zero-order chi connectivity index (χ0) is 28.6. The van der Waals surface area contributed by atoms with Crippen molar-refractivity contribution in [2.75, 3.05) is 26.2 Å². The second-order valence-electron chi connectivity index (χ2n) is 12.1. The van der Waals surface area contributed by atoms with Crippen LogP contribution >= 0.6 is 43.5 Å². The molecule has 0 spiro atoms. The molecular formula is C31H36Br2ClN3O3. The Morgan fingerprint density at radius 1 is 1.02 bits per heavy atom. The van der Waals surface area contributed by atoms with E-state index in [1.165, 1.54) is 16.7 Å². The molecule has 3 aliphatic rings. The third-order valence-corrected chi connectivity index (χ3v) is 9.42. The first kappa shape index (κ1) is 29.6. The van der Waals surface area contributed by atoms with Crippen LogP contribution in [-0.4, -0.2) is 58.6 Å². The summed E-state index contributed by atoms with van der Waals surface area (Å²) in [6.07, 6.45) is 8.44. The van der Waals surface area contributed by atoms with Crippen molar-refractivity contribution in [3.8, 4) is 0 Å². The van der Waals surface area contributed by atoms with Crippen molar-refractivity contribution in [1.29, 1.82) is 0 Å². The Kier molecular flexibility index (Phi) is 8.98. The number of rotatable bonds is 3. The lowest BCUT2D eigenvalue weighted by Gasteiger charge is -2.37. The van der Waals surface area contributed by atoms with E-state index in [1.54, 1.807) is 4.90 Å². The van der Waals surface area contributed by atoms with E-state index in [4.69, 9.17) is 21.3 Å². The summed E-state index contributed by atoms with van der Waals surface area (Å²) in [7, 11) is 0. The number of benzene rings is 1. The van der Waals surface area contributed by atoms with E-state index >= 15 is 0 Å². The average molecular weight is 694 g/mol. The zero-order valence-corrected chi connectivity index (χ0v) is 27.2. The molecule has 40 heavy (non-hydrogen) atoms. The van der Waals surface area contributed by atoms with Gasteiger partial charge in [0.1, 0.15) is 5.60 Å². The van der Waals surface area contributed by atoms with Gasteiger partial charge in [0.2, 0.25) is 5.91 Å². The minimum Gasteiger partial charge on any atom is -0.444 e. The molecule has 0 radical (unpaired) electrons. The highest BCUT2D eigenvalue weighted by molar-refractivity contribution is 9.10. The third kappa shape index (κ3) is 6.76. The van der Waals surface area contributed by atoms with Gasteiger partial charge in [-0.2, -0.15) is 0 Å². The van der Waals surface area contributed by atoms with Gasteiger partial charge in [0.25, 0.3) is 0 Å². The molecule has 214 valence electrons. The monoisotopic (exact) mass is 691 g/mol. The molecule has 6 nitrogen and oxygen atoms in total. The first-order valence-electron chi connectivity index (χ1n) is 14.0. The van der Waals surface area contributed by atoms with E-state index in [-0.39, 0.29) is 17.9 Å². The molecule has 2 amide bonds. The maximum atomic E-state index is 13.3. The molecule has 9 heteroatoms. The number of carbonyl (C=O) groups excluding carboxylic acids is 2. The number of hydrogen-bond donors (Lipinski definition) is 0. The van der Waals surface area contributed by atoms with E-state index in [9.17, 15) is 9.59 Å². The largest absolute Gasteiger partial charge is 0.444 e. The van der Waals surface area contributed by atoms with E-state index in [1.807, 2.05) is 44.0 Å². The summed E-state index contributed by atoms with van der Waals surface area (Å²) < 4.78 is 7.53. The van der Waals surface area contributed by atoms with E-state index in [0.717, 1.165) is 64.0 Å². The van der Waals surface area contributed by atoms with Crippen LogP contribution in [0.3, 0.4) is 0 Å². The second kappa shape index (κ2) is 12.1. The summed E-state index contributed by atoms with van der Waals surface area (Å²) in [4.78, 5) is 34.3. The number of ether oxygens (including phenoxy) is 1. The normalized spacial score (nSPS) is 19.9. The highest BCUT2D eigenvalue weighted by Crippen LogP contribution is 2.46. The number of aromatic nitrogens is 1. The van der Waals surface area contributed by atoms with Gasteiger partial charge < -0.3 is 14.5 Å². The van der Waals surface area contributed by atoms with Gasteiger partial charge in [0.15, 0.2) is 0 Å². The van der Waals surface area contributed by atoms with Crippen molar-refractivity contribution in [3.63, 3.8) is 0 Å². The minimum absolute atomic E-state index is 0.157. The summed E-state index contributed by atoms with van der Waals surface area (Å²) in [5, 5.41) is 0.746. The van der Waals surface area contributed by atoms with Crippen molar-refractivity contribution in [1.82, 2.24) is 14.8 Å². The van der Waals surface area contributed by atoms with E-state index in [2.05, 4.69) is 44.0 Å². The van der Waals surface area contributed by atoms with Crippen LogP contribution in [0.5, 0.6) is 0 Å². The van der Waals surface area contributed by atoms with Gasteiger partial charge in [-0.3, -0.25) is 9.78 Å². The van der Waals surface area contributed by atoms with E-state index < -0.39 is 5.60 Å². The summed E-state index contributed by atoms with van der Waals surface area (Å²) >= 11 is 13.9. The zero-order valence-electron chi connectivity index (χ0n) is 23.3. The number of pyridine rings is 1. The number of piperidine rings is 1. The lowest BCUT2D eigenvalue weighted by atomic mass is 9.76. The van der Waals surface area contributed by atoms with Crippen LogP contribution in [0.4, 0.5) is 4.79 Å². The lowest BCUT2D eigenvalue weighted by molar-refractivity contribution is -0.131. The van der Waals surface area contributed by atoms with Crippen LogP contribution in [0.2, 0.25) is 5.02 Å². The lowest BCUT2D eigenvalue weighted by Crippen LogP contribution is -2.41. The fourth-order valence-electron chi connectivity index (χ4n) is 6.18. The number of likely N-dealkylation sites (tertiary alicyclic amines) is 1. The van der Waals surface area contributed by atoms with Gasteiger partial charge in [-0.15, -0.1) is 0 Å². The van der Waals surface area contributed by atoms with Crippen LogP contribution in [-0.2, 0) is 22.4 Å². The van der Waals surface area contributed by atoms with Crippen LogP contribution in [0.1, 0.15) is 74.8 Å². The number of aryl methyl sites for hydroxylation is 2. The van der Waals surface area contributed by atoms with Crippen LogP contribution in [0.15, 0.2) is 45.0 Å². The number of amides is 2. The molecule has 0 unspecified atom stereocenters. The molecule has 3 heterocycles. The van der Waals surface area contributed by atoms with Gasteiger partial charge in [-0.05, 0) is 110 Å². The van der Waals surface area contributed by atoms with Gasteiger partial charge in [0.05, 0.1) is 5.69 Å². The molecule has 1 aliphatic carbocycles. The number of fused-ring (bicyclic) bond motifs is 2. The Labute approximate surface area is 258 Å². The molecule has 5 rings (SSSR count). The molecule has 1 fully saturated rings. The quantitative estimate of drug-likeness (QED) is 0.310. The Morgan fingerprint density at radius 2 is 1.75 bits per heavy atom. The highest BCUT2D eigenvalue weighted by Gasteiger charge is 2.36. The summed E-state index contributed by atoms with van der Waals surface area (Å²) in [6, 6.07) is 6.31. The van der Waals surface area contributed by atoms with Crippen molar-refractivity contribution < 1.29 is 14.3 Å². The summed E-state index contributed by atoms with van der Waals surface area (Å²) in [5.74, 6) is 0.707. The van der Waals surface area contributed by atoms with Crippen LogP contribution in [0.25, 0.3) is 0 Å². The Balaban J connectivity index is 1.26. The number of hydrogen-bond acceptors (Lipinski definition) is 4. The number of halogens is 3. The van der Waals surface area contributed by atoms with Crippen LogP contribution in [0, 0.1) is 5.92 Å². The molecule has 2 aromatic rings. The molecule has 1 aromatic heterocycles. The first-order valence-corrected chi connectivity index (χ1v) is 16.0. The highest BCUT2D eigenvalue weighted by atomic mass is 79.9. The predicted octanol–water partition coefficient (Wildman–Crippen LogP) is 7.69. The molecule has 0 saturated carbocycles. The Hall–Kier alpha value is -1.90. The second-order valence-corrected chi connectivity index (χ2v) is 14.3. The van der Waals surface area contributed by atoms with Gasteiger partial charge in [-0.25, -0.2) is 4.79 Å². The summed E-state index contributed by atoms with van der Waals surface area (Å²) in [5.41, 5.74) is 5.60. The fraction of sp³-hybridized carbons (Fsp3) is 0.516. The first-order chi connectivity index (χ1) is 19.0. The maximum absolute atomic E-state index is 13.3. The molecular weight excluding hydrogens is 658 g/mol. The van der Waals surface area contributed by atoms with E-state index in [0.29, 0.717) is 31.8 Å². The molecule has 1 saturated heterocycles. The van der Waals surface area contributed by atoms with Crippen molar-refractivity contribution in [3.05, 3.63) is 72.4 Å². The molecule has 0 N–H and O–H groups in total. The average Bonchev–Trinajstić information content (AvgIpc) is 3.05. The minimum atomic E-state index is -0.514. The van der Waals surface area contributed by atoms with Crippen molar-refractivity contribution >= 4 is 55.5 Å². The number of nitrogens with zero attached hydrogens (tertiary/aromatic N) is 3. The van der Waals surface area contributed by atoms with Crippen molar-refractivity contribution in [2.45, 2.75) is 70.8 Å². The van der Waals surface area contributed by atoms with Gasteiger partial charge in [0, 0.05) is 58.7 Å². The smallest absolute Gasteiger partial charge is 0.410 e. The Bertz CT molecular complexity index is 1330. The van der Waals surface area contributed by atoms with Gasteiger partial charge >= 0.3 is 6.09 Å². The number of carbonyl (C=O) groups is 2. The topological polar surface area (TPSA) is 62.7 Å². The molecule has 1 aromatic carbocycles. The van der Waals surface area contributed by atoms with Crippen molar-refractivity contribution in [2.24, 2.45) is 5.92 Å². The maximum Gasteiger partial charge on any atom is 0.410 e. The van der Waals surface area contributed by atoms with Gasteiger partial charge in [-0.1, -0.05) is 39.2 Å².